The summed E-state index contributed by atoms with van der Waals surface area (Å²) in [6, 6.07) is 0. The summed E-state index contributed by atoms with van der Waals surface area (Å²) in [6.07, 6.45) is 69.2. The van der Waals surface area contributed by atoms with Crippen LogP contribution in [-0.4, -0.2) is 37.2 Å². The van der Waals surface area contributed by atoms with E-state index < -0.39 is 6.10 Å². The van der Waals surface area contributed by atoms with Crippen LogP contribution in [0.25, 0.3) is 0 Å². The third-order valence-electron chi connectivity index (χ3n) is 9.94. The normalized spacial score (nSPS) is 13.1. The number of ether oxygens (including phenoxy) is 3. The number of unbranched alkanes of at least 4 members (excludes halogenated alkanes) is 12. The number of hydrogen-bond acceptors (Lipinski definition) is 6. The quantitative estimate of drug-likeness (QED) is 0.0263. The zero-order valence-corrected chi connectivity index (χ0v) is 40.3. The first-order valence-corrected chi connectivity index (χ1v) is 25.0. The highest BCUT2D eigenvalue weighted by molar-refractivity contribution is 5.71. The van der Waals surface area contributed by atoms with Crippen LogP contribution in [0.15, 0.2) is 122 Å². The standard InChI is InChI=1S/C57H90O6/c1-4-7-10-13-16-19-21-23-25-27-28-30-31-33-35-38-41-44-47-50-56(59)62-53-54(52-61-55(58)49-46-43-40-37-18-15-12-9-6-3)63-57(60)51-48-45-42-39-36-34-32-29-26-24-22-20-17-14-11-8-5-2/h7,9-10,12,16-20,23-26,28,30,33,35,37,41,44,54H,4-6,8,11,13-15,21-22,27,29,31-32,34,36,38-40,42-43,45-53H2,1-3H3/b10-7-,12-9-,19-16-,20-17-,25-23-,26-24-,30-28-,35-33-,37-18-,44-41-. The molecule has 0 bridgehead atoms. The van der Waals surface area contributed by atoms with Gasteiger partial charge in [-0.1, -0.05) is 187 Å². The Labute approximate surface area is 386 Å². The molecule has 1 unspecified atom stereocenters. The maximum Gasteiger partial charge on any atom is 0.306 e. The van der Waals surface area contributed by atoms with E-state index in [2.05, 4.69) is 130 Å². The molecule has 0 aromatic carbocycles. The molecule has 0 aromatic rings. The molecule has 0 radical (unpaired) electrons. The first-order chi connectivity index (χ1) is 31.0. The molecule has 0 aliphatic rings. The Morgan fingerprint density at radius 3 is 1.10 bits per heavy atom. The van der Waals surface area contributed by atoms with Crippen LogP contribution < -0.4 is 0 Å². The van der Waals surface area contributed by atoms with E-state index >= 15 is 0 Å². The van der Waals surface area contributed by atoms with Crippen molar-refractivity contribution >= 4 is 17.9 Å². The molecule has 0 amide bonds. The van der Waals surface area contributed by atoms with Crippen molar-refractivity contribution in [2.75, 3.05) is 13.2 Å². The van der Waals surface area contributed by atoms with Gasteiger partial charge in [0, 0.05) is 19.3 Å². The van der Waals surface area contributed by atoms with Gasteiger partial charge >= 0.3 is 17.9 Å². The van der Waals surface area contributed by atoms with Gasteiger partial charge in [-0.15, -0.1) is 0 Å². The summed E-state index contributed by atoms with van der Waals surface area (Å²) >= 11 is 0. The average Bonchev–Trinajstić information content (AvgIpc) is 3.28. The van der Waals surface area contributed by atoms with E-state index in [1.807, 2.05) is 12.2 Å². The summed E-state index contributed by atoms with van der Waals surface area (Å²) in [7, 11) is 0. The van der Waals surface area contributed by atoms with Crippen molar-refractivity contribution < 1.29 is 28.6 Å². The molecule has 0 saturated heterocycles. The van der Waals surface area contributed by atoms with Gasteiger partial charge in [-0.3, -0.25) is 14.4 Å². The third-order valence-corrected chi connectivity index (χ3v) is 9.94. The second-order valence-corrected chi connectivity index (χ2v) is 16.0. The molecular formula is C57H90O6. The molecular weight excluding hydrogens is 781 g/mol. The SMILES string of the molecule is CC/C=C\C/C=C\C/C=C\C/C=C\C/C=C\C/C=C\CCC(=O)OCC(COC(=O)CCCC/C=C\C/C=C\CC)OC(=O)CCCCCCCCC/C=C\C/C=C\CCCCC. The molecule has 0 aliphatic heterocycles. The lowest BCUT2D eigenvalue weighted by atomic mass is 10.1. The molecule has 0 heterocycles. The molecule has 0 spiro atoms. The predicted octanol–water partition coefficient (Wildman–Crippen LogP) is 16.5. The van der Waals surface area contributed by atoms with Gasteiger partial charge in [-0.05, 0) is 116 Å². The Balaban J connectivity index is 4.50. The highest BCUT2D eigenvalue weighted by atomic mass is 16.6. The van der Waals surface area contributed by atoms with Crippen molar-refractivity contribution in [2.24, 2.45) is 0 Å². The third kappa shape index (κ3) is 48.7. The average molecular weight is 871 g/mol. The van der Waals surface area contributed by atoms with E-state index in [1.54, 1.807) is 0 Å². The van der Waals surface area contributed by atoms with E-state index in [9.17, 15) is 14.4 Å². The molecule has 6 heteroatoms. The van der Waals surface area contributed by atoms with Crippen molar-refractivity contribution in [3.8, 4) is 0 Å². The van der Waals surface area contributed by atoms with Crippen LogP contribution in [0.4, 0.5) is 0 Å². The smallest absolute Gasteiger partial charge is 0.306 e. The lowest BCUT2D eigenvalue weighted by Gasteiger charge is -2.18. The summed E-state index contributed by atoms with van der Waals surface area (Å²) in [6.45, 7) is 6.25. The predicted molar refractivity (Wildman–Crippen MR) is 269 cm³/mol. The molecule has 0 N–H and O–H groups in total. The number of esters is 3. The van der Waals surface area contributed by atoms with Crippen LogP contribution in [-0.2, 0) is 28.6 Å². The Morgan fingerprint density at radius 2 is 0.651 bits per heavy atom. The van der Waals surface area contributed by atoms with E-state index in [0.717, 1.165) is 103 Å². The highest BCUT2D eigenvalue weighted by Crippen LogP contribution is 2.12. The van der Waals surface area contributed by atoms with E-state index in [-0.39, 0.29) is 37.5 Å². The lowest BCUT2D eigenvalue weighted by Crippen LogP contribution is -2.30. The first-order valence-electron chi connectivity index (χ1n) is 25.0. The van der Waals surface area contributed by atoms with Crippen LogP contribution in [0.5, 0.6) is 0 Å². The second-order valence-electron chi connectivity index (χ2n) is 16.0. The van der Waals surface area contributed by atoms with Crippen LogP contribution in [0.1, 0.15) is 201 Å². The Bertz CT molecular complexity index is 1370. The fraction of sp³-hybridized carbons (Fsp3) is 0.596. The van der Waals surface area contributed by atoms with Crippen molar-refractivity contribution in [3.05, 3.63) is 122 Å². The van der Waals surface area contributed by atoms with Gasteiger partial charge in [0.2, 0.25) is 0 Å². The Morgan fingerprint density at radius 1 is 0.333 bits per heavy atom. The molecule has 0 aromatic heterocycles. The summed E-state index contributed by atoms with van der Waals surface area (Å²) in [5.74, 6) is -1.06. The Hall–Kier alpha value is -4.19. The van der Waals surface area contributed by atoms with Crippen LogP contribution >= 0.6 is 0 Å². The highest BCUT2D eigenvalue weighted by Gasteiger charge is 2.19. The molecule has 354 valence electrons. The summed E-state index contributed by atoms with van der Waals surface area (Å²) in [5.41, 5.74) is 0. The van der Waals surface area contributed by atoms with Gasteiger partial charge < -0.3 is 14.2 Å². The molecule has 0 fully saturated rings. The molecule has 0 aliphatic carbocycles. The minimum absolute atomic E-state index is 0.125. The minimum atomic E-state index is -0.828. The maximum atomic E-state index is 12.8. The number of carbonyl (C=O) groups excluding carboxylic acids is 3. The number of carbonyl (C=O) groups is 3. The van der Waals surface area contributed by atoms with E-state index in [4.69, 9.17) is 14.2 Å². The molecule has 63 heavy (non-hydrogen) atoms. The summed E-state index contributed by atoms with van der Waals surface area (Å²) in [4.78, 5) is 37.8. The maximum absolute atomic E-state index is 12.8. The van der Waals surface area contributed by atoms with E-state index in [1.165, 1.54) is 51.4 Å². The molecule has 6 nitrogen and oxygen atoms in total. The summed E-state index contributed by atoms with van der Waals surface area (Å²) in [5, 5.41) is 0. The largest absolute Gasteiger partial charge is 0.462 e. The number of allylic oxidation sites excluding steroid dienone is 20. The molecule has 0 saturated carbocycles. The second kappa shape index (κ2) is 50.5. The Kier molecular flexibility index (Phi) is 47.1. The van der Waals surface area contributed by atoms with Gasteiger partial charge in [-0.25, -0.2) is 0 Å². The van der Waals surface area contributed by atoms with Crippen LogP contribution in [0.2, 0.25) is 0 Å². The fourth-order valence-electron chi connectivity index (χ4n) is 6.24. The first kappa shape index (κ1) is 58.8. The van der Waals surface area contributed by atoms with Crippen LogP contribution in [0, 0.1) is 0 Å². The lowest BCUT2D eigenvalue weighted by molar-refractivity contribution is -0.166. The zero-order chi connectivity index (χ0) is 45.8. The molecule has 1 atom stereocenters. The van der Waals surface area contributed by atoms with Crippen molar-refractivity contribution in [1.82, 2.24) is 0 Å². The van der Waals surface area contributed by atoms with Gasteiger partial charge in [0.25, 0.3) is 0 Å². The van der Waals surface area contributed by atoms with Gasteiger partial charge in [0.05, 0.1) is 0 Å². The van der Waals surface area contributed by atoms with Crippen LogP contribution in [0.3, 0.4) is 0 Å². The minimum Gasteiger partial charge on any atom is -0.462 e. The summed E-state index contributed by atoms with van der Waals surface area (Å²) < 4.78 is 16.6. The van der Waals surface area contributed by atoms with Crippen molar-refractivity contribution in [1.29, 1.82) is 0 Å². The number of hydrogen-bond donors (Lipinski definition) is 0. The topological polar surface area (TPSA) is 78.9 Å². The van der Waals surface area contributed by atoms with Gasteiger partial charge in [0.1, 0.15) is 13.2 Å². The molecule has 0 rings (SSSR count). The van der Waals surface area contributed by atoms with Gasteiger partial charge in [0.15, 0.2) is 6.10 Å². The van der Waals surface area contributed by atoms with Crippen molar-refractivity contribution in [2.45, 2.75) is 207 Å². The van der Waals surface area contributed by atoms with E-state index in [0.29, 0.717) is 19.3 Å². The monoisotopic (exact) mass is 871 g/mol. The van der Waals surface area contributed by atoms with Gasteiger partial charge in [-0.2, -0.15) is 0 Å². The zero-order valence-electron chi connectivity index (χ0n) is 40.3. The fourth-order valence-corrected chi connectivity index (χ4v) is 6.24. The van der Waals surface area contributed by atoms with Crippen molar-refractivity contribution in [3.63, 3.8) is 0 Å². The number of rotatable bonds is 43.